The summed E-state index contributed by atoms with van der Waals surface area (Å²) in [5.41, 5.74) is 5.29. The number of aryl methyl sites for hydroxylation is 2. The molecule has 0 saturated heterocycles. The molecule has 2 heteroatoms. The van der Waals surface area contributed by atoms with Gasteiger partial charge in [-0.2, -0.15) is 0 Å². The molecule has 0 amide bonds. The minimum Gasteiger partial charge on any atom is -0.0581 e. The van der Waals surface area contributed by atoms with Gasteiger partial charge in [0.2, 0.25) is 0 Å². The summed E-state index contributed by atoms with van der Waals surface area (Å²) in [4.78, 5) is 0. The van der Waals surface area contributed by atoms with Crippen molar-refractivity contribution < 1.29 is 0 Å². The molecule has 0 spiro atoms. The molecule has 0 N–H and O–H groups in total. The normalized spacial score (nSPS) is 11.3. The van der Waals surface area contributed by atoms with Crippen LogP contribution in [-0.2, 0) is 0 Å². The van der Waals surface area contributed by atoms with Crippen LogP contribution < -0.4 is 0 Å². The number of benzene rings is 4. The maximum Gasteiger partial charge on any atom is 0.0181 e. The van der Waals surface area contributed by atoms with Crippen molar-refractivity contribution in [2.75, 3.05) is 0 Å². The molecule has 4 aromatic rings. The second-order valence-electron chi connectivity index (χ2n) is 6.25. The molecule has 0 atom stereocenters. The standard InChI is InChI=1S/C22H16Br2/c1-13-3-5-15-11-17(23)7-9-19(15)21(13)22-14(2)4-6-16-12-18(24)8-10-20(16)22/h3-12H,1-2H3. The topological polar surface area (TPSA) is 0 Å². The van der Waals surface area contributed by atoms with Gasteiger partial charge in [0.05, 0.1) is 0 Å². The summed E-state index contributed by atoms with van der Waals surface area (Å²) >= 11 is 7.18. The van der Waals surface area contributed by atoms with Gasteiger partial charge >= 0.3 is 0 Å². The molecular weight excluding hydrogens is 424 g/mol. The summed E-state index contributed by atoms with van der Waals surface area (Å²) in [6, 6.07) is 21.9. The van der Waals surface area contributed by atoms with Gasteiger partial charge in [-0.15, -0.1) is 0 Å². The molecule has 24 heavy (non-hydrogen) atoms. The Kier molecular flexibility index (Phi) is 3.98. The first-order valence-corrected chi connectivity index (χ1v) is 9.51. The maximum absolute atomic E-state index is 3.59. The Morgan fingerprint density at radius 3 is 1.38 bits per heavy atom. The summed E-state index contributed by atoms with van der Waals surface area (Å²) in [6.07, 6.45) is 0. The Morgan fingerprint density at radius 1 is 0.542 bits per heavy atom. The first-order chi connectivity index (χ1) is 11.5. The van der Waals surface area contributed by atoms with Crippen molar-refractivity contribution in [3.63, 3.8) is 0 Å². The minimum absolute atomic E-state index is 1.11. The molecule has 0 radical (unpaired) electrons. The van der Waals surface area contributed by atoms with Crippen LogP contribution in [0.4, 0.5) is 0 Å². The number of halogens is 2. The van der Waals surface area contributed by atoms with Crippen LogP contribution in [-0.4, -0.2) is 0 Å². The van der Waals surface area contributed by atoms with E-state index in [1.54, 1.807) is 0 Å². The Labute approximate surface area is 158 Å². The summed E-state index contributed by atoms with van der Waals surface area (Å²) in [5.74, 6) is 0. The highest BCUT2D eigenvalue weighted by Gasteiger charge is 2.13. The van der Waals surface area contributed by atoms with Crippen molar-refractivity contribution in [1.82, 2.24) is 0 Å². The molecular formula is C22H16Br2. The third kappa shape index (κ3) is 2.58. The van der Waals surface area contributed by atoms with E-state index in [9.17, 15) is 0 Å². The average molecular weight is 440 g/mol. The second-order valence-corrected chi connectivity index (χ2v) is 8.08. The summed E-state index contributed by atoms with van der Waals surface area (Å²) < 4.78 is 2.23. The van der Waals surface area contributed by atoms with Gasteiger partial charge in [0.15, 0.2) is 0 Å². The van der Waals surface area contributed by atoms with Crippen LogP contribution in [0.1, 0.15) is 11.1 Å². The molecule has 0 saturated carbocycles. The van der Waals surface area contributed by atoms with Crippen molar-refractivity contribution in [3.05, 3.63) is 80.7 Å². The van der Waals surface area contributed by atoms with Crippen molar-refractivity contribution >= 4 is 53.4 Å². The highest BCUT2D eigenvalue weighted by Crippen LogP contribution is 2.39. The van der Waals surface area contributed by atoms with Crippen LogP contribution in [0.5, 0.6) is 0 Å². The number of fused-ring (bicyclic) bond motifs is 2. The third-order valence-corrected chi connectivity index (χ3v) is 5.62. The van der Waals surface area contributed by atoms with Crippen molar-refractivity contribution in [2.24, 2.45) is 0 Å². The van der Waals surface area contributed by atoms with Gasteiger partial charge in [-0.05, 0) is 81.9 Å². The number of rotatable bonds is 1. The third-order valence-electron chi connectivity index (χ3n) is 4.63. The van der Waals surface area contributed by atoms with E-state index in [0.29, 0.717) is 0 Å². The Balaban J connectivity index is 2.17. The fourth-order valence-corrected chi connectivity index (χ4v) is 4.24. The molecule has 0 nitrogen and oxygen atoms in total. The first-order valence-electron chi connectivity index (χ1n) is 7.93. The zero-order chi connectivity index (χ0) is 16.8. The van der Waals surface area contributed by atoms with Crippen LogP contribution in [0.3, 0.4) is 0 Å². The molecule has 4 aromatic carbocycles. The van der Waals surface area contributed by atoms with E-state index < -0.39 is 0 Å². The van der Waals surface area contributed by atoms with Crippen LogP contribution in [0.2, 0.25) is 0 Å². The van der Waals surface area contributed by atoms with Crippen molar-refractivity contribution in [3.8, 4) is 11.1 Å². The molecule has 0 aliphatic heterocycles. The summed E-state index contributed by atoms with van der Waals surface area (Å²) in [7, 11) is 0. The molecule has 0 aromatic heterocycles. The van der Waals surface area contributed by atoms with E-state index in [1.165, 1.54) is 43.8 Å². The van der Waals surface area contributed by atoms with E-state index in [-0.39, 0.29) is 0 Å². The minimum atomic E-state index is 1.11. The van der Waals surface area contributed by atoms with Crippen LogP contribution in [0.15, 0.2) is 69.6 Å². The molecule has 0 aliphatic rings. The smallest absolute Gasteiger partial charge is 0.0181 e. The van der Waals surface area contributed by atoms with Gasteiger partial charge in [0, 0.05) is 8.95 Å². The monoisotopic (exact) mass is 438 g/mol. The van der Waals surface area contributed by atoms with E-state index in [2.05, 4.69) is 106 Å². The Morgan fingerprint density at radius 2 is 0.958 bits per heavy atom. The predicted molar refractivity (Wildman–Crippen MR) is 112 cm³/mol. The van der Waals surface area contributed by atoms with E-state index >= 15 is 0 Å². The van der Waals surface area contributed by atoms with Gasteiger partial charge in [-0.25, -0.2) is 0 Å². The average Bonchev–Trinajstić information content (AvgIpc) is 2.56. The lowest BCUT2D eigenvalue weighted by Crippen LogP contribution is -1.91. The Hall–Kier alpha value is -1.64. The molecule has 118 valence electrons. The van der Waals surface area contributed by atoms with Crippen molar-refractivity contribution in [2.45, 2.75) is 13.8 Å². The Bertz CT molecular complexity index is 1000. The first kappa shape index (κ1) is 15.9. The lowest BCUT2D eigenvalue weighted by atomic mass is 9.88. The van der Waals surface area contributed by atoms with Gasteiger partial charge in [-0.1, -0.05) is 68.3 Å². The summed E-state index contributed by atoms with van der Waals surface area (Å²) in [5, 5.41) is 5.13. The maximum atomic E-state index is 3.59. The molecule has 0 aliphatic carbocycles. The van der Waals surface area contributed by atoms with E-state index in [4.69, 9.17) is 0 Å². The lowest BCUT2D eigenvalue weighted by molar-refractivity contribution is 1.44. The van der Waals surface area contributed by atoms with Crippen LogP contribution >= 0.6 is 31.9 Å². The van der Waals surface area contributed by atoms with E-state index in [1.807, 2.05) is 0 Å². The fourth-order valence-electron chi connectivity index (χ4n) is 3.48. The zero-order valence-electron chi connectivity index (χ0n) is 13.5. The second kappa shape index (κ2) is 6.02. The van der Waals surface area contributed by atoms with E-state index in [0.717, 1.165) is 8.95 Å². The van der Waals surface area contributed by atoms with Gasteiger partial charge < -0.3 is 0 Å². The van der Waals surface area contributed by atoms with Gasteiger partial charge in [0.1, 0.15) is 0 Å². The van der Waals surface area contributed by atoms with Crippen LogP contribution in [0.25, 0.3) is 32.7 Å². The molecule has 0 heterocycles. The zero-order valence-corrected chi connectivity index (χ0v) is 16.7. The van der Waals surface area contributed by atoms with Crippen LogP contribution in [0, 0.1) is 13.8 Å². The number of hydrogen-bond acceptors (Lipinski definition) is 0. The fraction of sp³-hybridized carbons (Fsp3) is 0.0909. The molecule has 4 rings (SSSR count). The number of hydrogen-bond donors (Lipinski definition) is 0. The van der Waals surface area contributed by atoms with Gasteiger partial charge in [-0.3, -0.25) is 0 Å². The highest BCUT2D eigenvalue weighted by molar-refractivity contribution is 9.10. The lowest BCUT2D eigenvalue weighted by Gasteiger charge is -2.16. The molecule has 0 bridgehead atoms. The van der Waals surface area contributed by atoms with Crippen molar-refractivity contribution in [1.29, 1.82) is 0 Å². The largest absolute Gasteiger partial charge is 0.0581 e. The quantitative estimate of drug-likeness (QED) is 0.283. The molecule has 0 fully saturated rings. The predicted octanol–water partition coefficient (Wildman–Crippen LogP) is 7.80. The molecule has 0 unspecified atom stereocenters. The van der Waals surface area contributed by atoms with Gasteiger partial charge in [0.25, 0.3) is 0 Å². The SMILES string of the molecule is Cc1ccc2cc(Br)ccc2c1-c1c(C)ccc2cc(Br)ccc12. The highest BCUT2D eigenvalue weighted by atomic mass is 79.9. The summed E-state index contributed by atoms with van der Waals surface area (Å²) in [6.45, 7) is 4.40.